The quantitative estimate of drug-likeness (QED) is 0.820. The largest absolute Gasteiger partial charge is 0.340 e. The lowest BCUT2D eigenvalue weighted by Crippen LogP contribution is -2.42. The summed E-state index contributed by atoms with van der Waals surface area (Å²) in [5.74, 6) is 1.19. The lowest BCUT2D eigenvalue weighted by Gasteiger charge is -2.27. The summed E-state index contributed by atoms with van der Waals surface area (Å²) in [4.78, 5) is 11.9. The maximum atomic E-state index is 11.9. The van der Waals surface area contributed by atoms with Gasteiger partial charge in [-0.1, -0.05) is 26.2 Å². The molecule has 1 rings (SSSR count). The molecule has 0 unspecified atom stereocenters. The maximum Gasteiger partial charge on any atom is 0.224 e. The second kappa shape index (κ2) is 7.60. The normalized spacial score (nSPS) is 20.3. The molecule has 1 N–H and O–H groups in total. The number of carbonyl (C=O) groups is 1. The summed E-state index contributed by atoms with van der Waals surface area (Å²) in [6, 6.07) is 1.98. The van der Waals surface area contributed by atoms with Gasteiger partial charge < -0.3 is 5.32 Å². The number of hydrogen-bond donors (Lipinski definition) is 1. The van der Waals surface area contributed by atoms with E-state index in [-0.39, 0.29) is 17.9 Å². The average molecular weight is 254 g/mol. The van der Waals surface area contributed by atoms with Gasteiger partial charge in [0.05, 0.1) is 6.07 Å². The minimum Gasteiger partial charge on any atom is -0.340 e. The molecule has 0 saturated heterocycles. The molecule has 0 aromatic carbocycles. The first-order chi connectivity index (χ1) is 8.19. The van der Waals surface area contributed by atoms with E-state index in [9.17, 15) is 4.79 Å². The fourth-order valence-electron chi connectivity index (χ4n) is 2.34. The van der Waals surface area contributed by atoms with E-state index in [1.54, 1.807) is 11.8 Å². The number of nitriles is 1. The van der Waals surface area contributed by atoms with E-state index in [0.717, 1.165) is 18.6 Å². The maximum absolute atomic E-state index is 11.9. The minimum atomic E-state index is -0.285. The van der Waals surface area contributed by atoms with E-state index in [4.69, 9.17) is 5.26 Å². The van der Waals surface area contributed by atoms with Crippen molar-refractivity contribution in [2.75, 3.05) is 12.0 Å². The lowest BCUT2D eigenvalue weighted by molar-refractivity contribution is -0.124. The van der Waals surface area contributed by atoms with Crippen molar-refractivity contribution in [3.8, 4) is 6.07 Å². The predicted octanol–water partition coefficient (Wildman–Crippen LogP) is 2.57. The van der Waals surface area contributed by atoms with Gasteiger partial charge in [-0.2, -0.15) is 17.0 Å². The first-order valence-electron chi connectivity index (χ1n) is 6.38. The number of nitrogens with one attached hydrogen (secondary N) is 1. The molecule has 1 amide bonds. The Kier molecular flexibility index (Phi) is 6.43. The van der Waals surface area contributed by atoms with Crippen molar-refractivity contribution in [1.82, 2.24) is 5.32 Å². The van der Waals surface area contributed by atoms with Crippen LogP contribution in [-0.2, 0) is 4.79 Å². The van der Waals surface area contributed by atoms with Gasteiger partial charge in [0.15, 0.2) is 0 Å². The van der Waals surface area contributed by atoms with Crippen LogP contribution in [0.5, 0.6) is 0 Å². The zero-order valence-electron chi connectivity index (χ0n) is 10.7. The van der Waals surface area contributed by atoms with Crippen LogP contribution in [0.4, 0.5) is 0 Å². The summed E-state index contributed by atoms with van der Waals surface area (Å²) in [5, 5.41) is 12.1. The molecule has 1 aliphatic rings. The zero-order chi connectivity index (χ0) is 12.7. The Morgan fingerprint density at radius 2 is 2.12 bits per heavy atom. The van der Waals surface area contributed by atoms with Crippen molar-refractivity contribution in [2.24, 2.45) is 11.8 Å². The number of amides is 1. The molecule has 2 atom stereocenters. The van der Waals surface area contributed by atoms with Crippen LogP contribution in [0, 0.1) is 23.2 Å². The Labute approximate surface area is 108 Å². The monoisotopic (exact) mass is 254 g/mol. The van der Waals surface area contributed by atoms with Crippen LogP contribution in [0.1, 0.15) is 39.0 Å². The van der Waals surface area contributed by atoms with Crippen LogP contribution in [0.3, 0.4) is 0 Å². The summed E-state index contributed by atoms with van der Waals surface area (Å²) in [6.45, 7) is 1.92. The van der Waals surface area contributed by atoms with E-state index >= 15 is 0 Å². The summed E-state index contributed by atoms with van der Waals surface area (Å²) in [5.41, 5.74) is 0. The highest BCUT2D eigenvalue weighted by Gasteiger charge is 2.26. The number of rotatable bonds is 5. The van der Waals surface area contributed by atoms with Crippen molar-refractivity contribution in [2.45, 2.75) is 45.1 Å². The van der Waals surface area contributed by atoms with Gasteiger partial charge in [0.25, 0.3) is 0 Å². The fraction of sp³-hybridized carbons (Fsp3) is 0.846. The summed E-state index contributed by atoms with van der Waals surface area (Å²) < 4.78 is 0. The molecular weight excluding hydrogens is 232 g/mol. The molecule has 0 aliphatic heterocycles. The number of nitrogens with zero attached hydrogens (tertiary/aromatic N) is 1. The standard InChI is InChI=1S/C13H22N2OS/c1-10(9-17-2)13(16)15-12(8-14)11-6-4-3-5-7-11/h10-12H,3-7,9H2,1-2H3,(H,15,16)/t10-,12-/m1/s1. The molecular formula is C13H22N2OS. The number of hydrogen-bond acceptors (Lipinski definition) is 3. The molecule has 0 aromatic heterocycles. The Bertz CT molecular complexity index is 282. The first-order valence-corrected chi connectivity index (χ1v) is 7.77. The van der Waals surface area contributed by atoms with Gasteiger partial charge in [0, 0.05) is 11.7 Å². The summed E-state index contributed by atoms with van der Waals surface area (Å²) in [7, 11) is 0. The van der Waals surface area contributed by atoms with Gasteiger partial charge in [0.1, 0.15) is 6.04 Å². The summed E-state index contributed by atoms with van der Waals surface area (Å²) in [6.07, 6.45) is 7.81. The molecule has 0 aromatic rings. The second-order valence-corrected chi connectivity index (χ2v) is 5.78. The highest BCUT2D eigenvalue weighted by Crippen LogP contribution is 2.26. The third-order valence-electron chi connectivity index (χ3n) is 3.42. The average Bonchev–Trinajstić information content (AvgIpc) is 2.37. The molecule has 0 spiro atoms. The third kappa shape index (κ3) is 4.59. The van der Waals surface area contributed by atoms with E-state index in [1.165, 1.54) is 19.3 Å². The predicted molar refractivity (Wildman–Crippen MR) is 71.7 cm³/mol. The minimum absolute atomic E-state index is 0.00978. The molecule has 96 valence electrons. The van der Waals surface area contributed by atoms with Crippen LogP contribution >= 0.6 is 11.8 Å². The van der Waals surface area contributed by atoms with Crippen molar-refractivity contribution in [1.29, 1.82) is 5.26 Å². The molecule has 0 bridgehead atoms. The zero-order valence-corrected chi connectivity index (χ0v) is 11.6. The number of carbonyl (C=O) groups excluding carboxylic acids is 1. The lowest BCUT2D eigenvalue weighted by atomic mass is 9.84. The fourth-order valence-corrected chi connectivity index (χ4v) is 3.00. The van der Waals surface area contributed by atoms with E-state index in [1.807, 2.05) is 13.2 Å². The smallest absolute Gasteiger partial charge is 0.224 e. The Hall–Kier alpha value is -0.690. The molecule has 0 heterocycles. The third-order valence-corrected chi connectivity index (χ3v) is 4.26. The van der Waals surface area contributed by atoms with Crippen LogP contribution in [0.25, 0.3) is 0 Å². The van der Waals surface area contributed by atoms with Crippen molar-refractivity contribution in [3.63, 3.8) is 0 Å². The highest BCUT2D eigenvalue weighted by atomic mass is 32.2. The SMILES string of the molecule is CSC[C@@H](C)C(=O)N[C@H](C#N)C1CCCCC1. The van der Waals surface area contributed by atoms with Gasteiger partial charge in [-0.25, -0.2) is 0 Å². The van der Waals surface area contributed by atoms with Crippen LogP contribution in [0.2, 0.25) is 0 Å². The molecule has 4 heteroatoms. The van der Waals surface area contributed by atoms with Crippen molar-refractivity contribution < 1.29 is 4.79 Å². The van der Waals surface area contributed by atoms with Crippen LogP contribution < -0.4 is 5.32 Å². The highest BCUT2D eigenvalue weighted by molar-refractivity contribution is 7.98. The van der Waals surface area contributed by atoms with Gasteiger partial charge >= 0.3 is 0 Å². The number of thioether (sulfide) groups is 1. The Morgan fingerprint density at radius 1 is 1.47 bits per heavy atom. The van der Waals surface area contributed by atoms with Crippen molar-refractivity contribution in [3.05, 3.63) is 0 Å². The molecule has 0 radical (unpaired) electrons. The first kappa shape index (κ1) is 14.4. The molecule has 1 aliphatic carbocycles. The molecule has 1 saturated carbocycles. The van der Waals surface area contributed by atoms with E-state index in [2.05, 4.69) is 11.4 Å². The molecule has 17 heavy (non-hydrogen) atoms. The Balaban J connectivity index is 2.45. The van der Waals surface area contributed by atoms with Gasteiger partial charge in [-0.3, -0.25) is 4.79 Å². The van der Waals surface area contributed by atoms with E-state index < -0.39 is 0 Å². The van der Waals surface area contributed by atoms with Gasteiger partial charge in [-0.05, 0) is 25.0 Å². The van der Waals surface area contributed by atoms with Crippen molar-refractivity contribution >= 4 is 17.7 Å². The Morgan fingerprint density at radius 3 is 2.65 bits per heavy atom. The topological polar surface area (TPSA) is 52.9 Å². The molecule has 1 fully saturated rings. The van der Waals surface area contributed by atoms with Crippen LogP contribution in [-0.4, -0.2) is 24.0 Å². The van der Waals surface area contributed by atoms with Crippen LogP contribution in [0.15, 0.2) is 0 Å². The second-order valence-electron chi connectivity index (χ2n) is 4.87. The summed E-state index contributed by atoms with van der Waals surface area (Å²) >= 11 is 1.66. The van der Waals surface area contributed by atoms with Gasteiger partial charge in [0.2, 0.25) is 5.91 Å². The molecule has 3 nitrogen and oxygen atoms in total. The van der Waals surface area contributed by atoms with E-state index in [0.29, 0.717) is 5.92 Å². The van der Waals surface area contributed by atoms with Gasteiger partial charge in [-0.15, -0.1) is 0 Å².